The van der Waals surface area contributed by atoms with E-state index in [1.165, 1.54) is 19.2 Å². The molecule has 0 heterocycles. The molecule has 0 aromatic heterocycles. The number of hydrogen-bond donors (Lipinski definition) is 1. The average Bonchev–Trinajstić information content (AvgIpc) is 2.43. The Morgan fingerprint density at radius 2 is 1.89 bits per heavy atom. The normalized spacial score (nSPS) is 10.5. The molecule has 0 saturated heterocycles. The highest BCUT2D eigenvalue weighted by Gasteiger charge is 2.16. The summed E-state index contributed by atoms with van der Waals surface area (Å²) in [4.78, 5) is 25.1. The Labute approximate surface area is 112 Å². The molecule has 0 fully saturated rings. The van der Waals surface area contributed by atoms with Crippen molar-refractivity contribution in [3.8, 4) is 5.75 Å². The summed E-state index contributed by atoms with van der Waals surface area (Å²) in [6, 6.07) is 4.48. The Kier molecular flexibility index (Phi) is 5.51. The molecule has 1 rings (SSSR count). The van der Waals surface area contributed by atoms with Crippen LogP contribution in [0.4, 0.5) is 0 Å². The van der Waals surface area contributed by atoms with E-state index in [0.29, 0.717) is 12.1 Å². The Morgan fingerprint density at radius 3 is 2.37 bits per heavy atom. The number of hydrogen-bond acceptors (Lipinski definition) is 4. The summed E-state index contributed by atoms with van der Waals surface area (Å²) in [6.07, 6.45) is 0. The third kappa shape index (κ3) is 3.79. The number of carbonyl (C=O) groups excluding carboxylic acids is 1. The Balaban J connectivity index is 2.98. The maximum Gasteiger partial charge on any atom is 0.339 e. The van der Waals surface area contributed by atoms with Crippen molar-refractivity contribution in [2.45, 2.75) is 13.8 Å². The lowest BCUT2D eigenvalue weighted by atomic mass is 10.1. The molecule has 5 nitrogen and oxygen atoms in total. The second kappa shape index (κ2) is 6.89. The first-order valence-corrected chi connectivity index (χ1v) is 6.20. The van der Waals surface area contributed by atoms with Crippen molar-refractivity contribution in [1.82, 2.24) is 4.90 Å². The largest absolute Gasteiger partial charge is 0.496 e. The number of carboxylic acid groups (broad SMARTS) is 1. The third-order valence-electron chi connectivity index (χ3n) is 3.01. The van der Waals surface area contributed by atoms with Crippen LogP contribution in [0, 0.1) is 0 Å². The highest BCUT2D eigenvalue weighted by molar-refractivity contribution is 6.01. The molecule has 0 aliphatic carbocycles. The second-order valence-corrected chi connectivity index (χ2v) is 4.10. The van der Waals surface area contributed by atoms with Crippen molar-refractivity contribution in [2.24, 2.45) is 0 Å². The van der Waals surface area contributed by atoms with Gasteiger partial charge in [0.2, 0.25) is 0 Å². The summed E-state index contributed by atoms with van der Waals surface area (Å²) in [7, 11) is 1.40. The smallest absolute Gasteiger partial charge is 0.339 e. The summed E-state index contributed by atoms with van der Waals surface area (Å²) in [5.74, 6) is -0.935. The van der Waals surface area contributed by atoms with Crippen LogP contribution in [-0.4, -0.2) is 48.5 Å². The molecule has 19 heavy (non-hydrogen) atoms. The van der Waals surface area contributed by atoms with Gasteiger partial charge >= 0.3 is 5.97 Å². The molecule has 0 unspecified atom stereocenters. The van der Waals surface area contributed by atoms with Crippen LogP contribution >= 0.6 is 0 Å². The first kappa shape index (κ1) is 15.2. The fourth-order valence-corrected chi connectivity index (χ4v) is 1.79. The number of ether oxygens (including phenoxy) is 1. The van der Waals surface area contributed by atoms with Crippen LogP contribution in [0.25, 0.3) is 0 Å². The van der Waals surface area contributed by atoms with E-state index in [2.05, 4.69) is 0 Å². The van der Waals surface area contributed by atoms with Gasteiger partial charge in [-0.05, 0) is 31.3 Å². The Bertz CT molecular complexity index is 467. The summed E-state index contributed by atoms with van der Waals surface area (Å²) < 4.78 is 4.96. The van der Waals surface area contributed by atoms with E-state index >= 15 is 0 Å². The highest BCUT2D eigenvalue weighted by Crippen LogP contribution is 2.20. The number of ketones is 1. The van der Waals surface area contributed by atoms with E-state index in [4.69, 9.17) is 9.84 Å². The van der Waals surface area contributed by atoms with Gasteiger partial charge in [0.1, 0.15) is 11.3 Å². The van der Waals surface area contributed by atoms with E-state index < -0.39 is 5.97 Å². The van der Waals surface area contributed by atoms with Gasteiger partial charge in [-0.1, -0.05) is 13.8 Å². The molecule has 104 valence electrons. The number of aromatic carboxylic acids is 1. The molecule has 0 amide bonds. The summed E-state index contributed by atoms with van der Waals surface area (Å²) >= 11 is 0. The molecule has 0 aliphatic heterocycles. The minimum absolute atomic E-state index is 0.00731. The van der Waals surface area contributed by atoms with E-state index in [-0.39, 0.29) is 17.1 Å². The SMILES string of the molecule is CCN(CC)CC(=O)c1ccc(OC)c(C(=O)O)c1. The van der Waals surface area contributed by atoms with E-state index in [0.717, 1.165) is 13.1 Å². The number of Topliss-reactive ketones (excluding diaryl/α,β-unsaturated/α-hetero) is 1. The monoisotopic (exact) mass is 265 g/mol. The van der Waals surface area contributed by atoms with Gasteiger partial charge in [-0.15, -0.1) is 0 Å². The summed E-state index contributed by atoms with van der Waals surface area (Å²) in [6.45, 7) is 5.81. The standard InChI is InChI=1S/C14H19NO4/c1-4-15(5-2)9-12(16)10-6-7-13(19-3)11(8-10)14(17)18/h6-8H,4-5,9H2,1-3H3,(H,17,18). The number of likely N-dealkylation sites (N-methyl/N-ethyl adjacent to an activating group) is 1. The molecule has 0 radical (unpaired) electrons. The number of carboxylic acids is 1. The number of carbonyl (C=O) groups is 2. The highest BCUT2D eigenvalue weighted by atomic mass is 16.5. The third-order valence-corrected chi connectivity index (χ3v) is 3.01. The van der Waals surface area contributed by atoms with Gasteiger partial charge in [-0.25, -0.2) is 4.79 Å². The molecule has 5 heteroatoms. The molecule has 0 saturated carbocycles. The van der Waals surface area contributed by atoms with E-state index in [1.807, 2.05) is 18.7 Å². The maximum atomic E-state index is 12.1. The van der Waals surface area contributed by atoms with Gasteiger partial charge in [0.25, 0.3) is 0 Å². The van der Waals surface area contributed by atoms with E-state index in [1.54, 1.807) is 6.07 Å². The zero-order valence-corrected chi connectivity index (χ0v) is 11.5. The molecular weight excluding hydrogens is 246 g/mol. The molecule has 1 N–H and O–H groups in total. The number of nitrogens with zero attached hydrogens (tertiary/aromatic N) is 1. The van der Waals surface area contributed by atoms with Crippen LogP contribution in [0.15, 0.2) is 18.2 Å². The fourth-order valence-electron chi connectivity index (χ4n) is 1.79. The van der Waals surface area contributed by atoms with Crippen molar-refractivity contribution in [3.63, 3.8) is 0 Å². The molecule has 1 aromatic rings. The van der Waals surface area contributed by atoms with Crippen LogP contribution in [0.2, 0.25) is 0 Å². The molecule has 0 aliphatic rings. The van der Waals surface area contributed by atoms with Crippen molar-refractivity contribution >= 4 is 11.8 Å². The van der Waals surface area contributed by atoms with Crippen molar-refractivity contribution in [1.29, 1.82) is 0 Å². The molecule has 0 bridgehead atoms. The average molecular weight is 265 g/mol. The Morgan fingerprint density at radius 1 is 1.26 bits per heavy atom. The lowest BCUT2D eigenvalue weighted by Gasteiger charge is -2.17. The topological polar surface area (TPSA) is 66.8 Å². The first-order valence-electron chi connectivity index (χ1n) is 6.20. The number of rotatable bonds is 7. The van der Waals surface area contributed by atoms with Gasteiger partial charge in [-0.2, -0.15) is 0 Å². The zero-order chi connectivity index (χ0) is 14.4. The molecule has 0 spiro atoms. The zero-order valence-electron chi connectivity index (χ0n) is 11.5. The minimum Gasteiger partial charge on any atom is -0.496 e. The second-order valence-electron chi connectivity index (χ2n) is 4.10. The van der Waals surface area contributed by atoms with Crippen LogP contribution in [0.3, 0.4) is 0 Å². The van der Waals surface area contributed by atoms with Gasteiger partial charge in [-0.3, -0.25) is 9.69 Å². The van der Waals surface area contributed by atoms with Gasteiger partial charge in [0.05, 0.1) is 13.7 Å². The maximum absolute atomic E-state index is 12.1. The quantitative estimate of drug-likeness (QED) is 0.763. The van der Waals surface area contributed by atoms with Crippen LogP contribution in [0.1, 0.15) is 34.6 Å². The lowest BCUT2D eigenvalue weighted by molar-refractivity contribution is 0.0693. The summed E-state index contributed by atoms with van der Waals surface area (Å²) in [5.41, 5.74) is 0.401. The minimum atomic E-state index is -1.10. The van der Waals surface area contributed by atoms with Crippen LogP contribution in [0.5, 0.6) is 5.75 Å². The van der Waals surface area contributed by atoms with Gasteiger partial charge in [0.15, 0.2) is 5.78 Å². The van der Waals surface area contributed by atoms with Crippen LogP contribution < -0.4 is 4.74 Å². The van der Waals surface area contributed by atoms with E-state index in [9.17, 15) is 9.59 Å². The first-order chi connectivity index (χ1) is 9.03. The summed E-state index contributed by atoms with van der Waals surface area (Å²) in [5, 5.41) is 9.08. The van der Waals surface area contributed by atoms with Crippen molar-refractivity contribution in [2.75, 3.05) is 26.7 Å². The fraction of sp³-hybridized carbons (Fsp3) is 0.429. The molecular formula is C14H19NO4. The van der Waals surface area contributed by atoms with Crippen molar-refractivity contribution in [3.05, 3.63) is 29.3 Å². The predicted molar refractivity (Wildman–Crippen MR) is 72.1 cm³/mol. The van der Waals surface area contributed by atoms with Crippen molar-refractivity contribution < 1.29 is 19.4 Å². The predicted octanol–water partition coefficient (Wildman–Crippen LogP) is 1.92. The van der Waals surface area contributed by atoms with Gasteiger partial charge < -0.3 is 9.84 Å². The lowest BCUT2D eigenvalue weighted by Crippen LogP contribution is -2.29. The molecule has 0 atom stereocenters. The van der Waals surface area contributed by atoms with Gasteiger partial charge in [0, 0.05) is 5.56 Å². The Hall–Kier alpha value is -1.88. The number of methoxy groups -OCH3 is 1. The van der Waals surface area contributed by atoms with Crippen LogP contribution in [-0.2, 0) is 0 Å². The number of benzene rings is 1. The molecule has 1 aromatic carbocycles.